The number of alkyl halides is 4. The molecule has 6 nitrogen and oxygen atoms in total. The number of aromatic nitrogens is 2. The lowest BCUT2D eigenvalue weighted by atomic mass is 9.89. The molecule has 1 aliphatic carbocycles. The highest BCUT2D eigenvalue weighted by Crippen LogP contribution is 2.38. The van der Waals surface area contributed by atoms with Gasteiger partial charge >= 0.3 is 0 Å². The van der Waals surface area contributed by atoms with Crippen LogP contribution in [0.5, 0.6) is 0 Å². The average Bonchev–Trinajstić information content (AvgIpc) is 3.08. The first-order valence-corrected chi connectivity index (χ1v) is 10.3. The molecular weight excluding hydrogens is 453 g/mol. The van der Waals surface area contributed by atoms with E-state index in [0.29, 0.717) is 4.90 Å². The zero-order chi connectivity index (χ0) is 22.8. The molecule has 0 radical (unpaired) electrons. The summed E-state index contributed by atoms with van der Waals surface area (Å²) in [5, 5.41) is 2.58. The first kappa shape index (κ1) is 23.3. The molecule has 2 aromatic rings. The molecule has 3 atom stereocenters. The van der Waals surface area contributed by atoms with Gasteiger partial charge in [0.15, 0.2) is 5.54 Å². The summed E-state index contributed by atoms with van der Waals surface area (Å²) in [6, 6.07) is 5.24. The molecule has 2 amide bonds. The number of carbonyl (C=O) groups excluding carboxylic acids is 2. The minimum absolute atomic E-state index is 0.0731. The van der Waals surface area contributed by atoms with Crippen LogP contribution < -0.4 is 10.2 Å². The predicted molar refractivity (Wildman–Crippen MR) is 112 cm³/mol. The van der Waals surface area contributed by atoms with E-state index in [1.165, 1.54) is 37.8 Å². The third kappa shape index (κ3) is 4.95. The van der Waals surface area contributed by atoms with Gasteiger partial charge in [-0.15, -0.1) is 12.6 Å². The number of hydrogen-bond donors (Lipinski definition) is 2. The second-order valence-electron chi connectivity index (χ2n) is 7.46. The van der Waals surface area contributed by atoms with E-state index < -0.39 is 41.4 Å². The Hall–Kier alpha value is -2.33. The van der Waals surface area contributed by atoms with Crippen molar-refractivity contribution in [2.45, 2.75) is 54.2 Å². The number of benzene rings is 1. The molecule has 0 unspecified atom stereocenters. The van der Waals surface area contributed by atoms with Gasteiger partial charge in [-0.2, -0.15) is 0 Å². The van der Waals surface area contributed by atoms with Crippen molar-refractivity contribution in [2.24, 2.45) is 0 Å². The summed E-state index contributed by atoms with van der Waals surface area (Å²) in [6.45, 7) is 1.36. The monoisotopic (exact) mass is 472 g/mol. The third-order valence-electron chi connectivity index (χ3n) is 5.27. The molecule has 0 aliphatic heterocycles. The van der Waals surface area contributed by atoms with Crippen LogP contribution in [0.3, 0.4) is 0 Å². The lowest BCUT2D eigenvalue weighted by Crippen LogP contribution is -2.59. The molecule has 1 aliphatic rings. The molecule has 1 aromatic carbocycles. The van der Waals surface area contributed by atoms with Crippen LogP contribution in [0.2, 0.25) is 0 Å². The Morgan fingerprint density at radius 2 is 1.90 bits per heavy atom. The van der Waals surface area contributed by atoms with Crippen molar-refractivity contribution in [1.82, 2.24) is 15.3 Å². The summed E-state index contributed by atoms with van der Waals surface area (Å²) in [5.41, 5.74) is -4.03. The Balaban J connectivity index is 2.09. The second kappa shape index (κ2) is 9.04. The molecule has 0 saturated heterocycles. The summed E-state index contributed by atoms with van der Waals surface area (Å²) >= 11 is 9.67. The van der Waals surface area contributed by atoms with E-state index in [4.69, 9.17) is 11.6 Å². The number of halogens is 4. The van der Waals surface area contributed by atoms with Gasteiger partial charge in [0.05, 0.1) is 0 Å². The van der Waals surface area contributed by atoms with Gasteiger partial charge in [-0.25, -0.2) is 23.1 Å². The third-order valence-corrected chi connectivity index (χ3v) is 5.75. The van der Waals surface area contributed by atoms with Crippen LogP contribution >= 0.6 is 24.2 Å². The minimum Gasteiger partial charge on any atom is -0.351 e. The normalized spacial score (nSPS) is 20.5. The van der Waals surface area contributed by atoms with Crippen molar-refractivity contribution in [3.05, 3.63) is 48.5 Å². The van der Waals surface area contributed by atoms with Gasteiger partial charge in [-0.05, 0) is 37.6 Å². The zero-order valence-corrected chi connectivity index (χ0v) is 18.1. The van der Waals surface area contributed by atoms with Gasteiger partial charge in [-0.3, -0.25) is 14.5 Å². The summed E-state index contributed by atoms with van der Waals surface area (Å²) in [7, 11) is 0. The summed E-state index contributed by atoms with van der Waals surface area (Å²) in [6.07, 6.45) is 3.01. The number of anilines is 1. The molecule has 1 aromatic heterocycles. The van der Waals surface area contributed by atoms with Crippen molar-refractivity contribution in [3.63, 3.8) is 0 Å². The van der Waals surface area contributed by atoms with Gasteiger partial charge in [0.25, 0.3) is 17.4 Å². The van der Waals surface area contributed by atoms with Gasteiger partial charge in [0, 0.05) is 47.4 Å². The van der Waals surface area contributed by atoms with Crippen LogP contribution in [0.25, 0.3) is 0 Å². The maximum Gasteiger partial charge on any atom is 0.278 e. The molecule has 31 heavy (non-hydrogen) atoms. The number of hydrogen-bond acceptors (Lipinski definition) is 5. The molecule has 11 heteroatoms. The van der Waals surface area contributed by atoms with E-state index in [-0.39, 0.29) is 24.1 Å². The molecule has 166 valence electrons. The van der Waals surface area contributed by atoms with E-state index in [1.54, 1.807) is 12.1 Å². The Labute approximate surface area is 187 Å². The number of thiol groups is 1. The van der Waals surface area contributed by atoms with Crippen LogP contribution in [0.15, 0.2) is 47.9 Å². The standard InChI is InChI=1S/C20H20ClF3N4O2S/c1-19(12-9-25-11-26-10-12,18(30)27-13-6-7-20(23,24)8-13)28(17(29)16(21)22)14-2-4-15(31)5-3-14/h2-5,9-11,13,16,31H,6-8H2,1H3,(H,27,30)/t13-,16-,19+/m0/s1. The van der Waals surface area contributed by atoms with Crippen LogP contribution in [0.4, 0.5) is 18.9 Å². The molecule has 0 spiro atoms. The van der Waals surface area contributed by atoms with E-state index in [0.717, 1.165) is 4.90 Å². The van der Waals surface area contributed by atoms with Crippen molar-refractivity contribution in [3.8, 4) is 0 Å². The van der Waals surface area contributed by atoms with Crippen molar-refractivity contribution < 1.29 is 22.8 Å². The summed E-state index contributed by atoms with van der Waals surface area (Å²) < 4.78 is 41.3. The summed E-state index contributed by atoms with van der Waals surface area (Å²) in [5.74, 6) is -4.88. The first-order chi connectivity index (χ1) is 14.5. The summed E-state index contributed by atoms with van der Waals surface area (Å²) in [4.78, 5) is 35.6. The van der Waals surface area contributed by atoms with Crippen molar-refractivity contribution in [1.29, 1.82) is 0 Å². The first-order valence-electron chi connectivity index (χ1n) is 9.40. The number of nitrogens with zero attached hydrogens (tertiary/aromatic N) is 3. The fourth-order valence-electron chi connectivity index (χ4n) is 3.62. The maximum absolute atomic E-state index is 14.0. The molecule has 0 bridgehead atoms. The Morgan fingerprint density at radius 1 is 1.29 bits per heavy atom. The number of rotatable bonds is 6. The van der Waals surface area contributed by atoms with Gasteiger partial charge in [-0.1, -0.05) is 11.6 Å². The topological polar surface area (TPSA) is 75.2 Å². The highest BCUT2D eigenvalue weighted by atomic mass is 35.5. The van der Waals surface area contributed by atoms with Gasteiger partial charge < -0.3 is 5.32 Å². The van der Waals surface area contributed by atoms with Crippen LogP contribution in [-0.4, -0.2) is 39.4 Å². The number of nitrogens with one attached hydrogen (secondary N) is 1. The molecule has 1 saturated carbocycles. The van der Waals surface area contributed by atoms with E-state index >= 15 is 0 Å². The Morgan fingerprint density at radius 3 is 2.42 bits per heavy atom. The average molecular weight is 473 g/mol. The van der Waals surface area contributed by atoms with E-state index in [2.05, 4.69) is 27.9 Å². The molecule has 1 fully saturated rings. The van der Waals surface area contributed by atoms with Crippen LogP contribution in [0.1, 0.15) is 31.7 Å². The molecular formula is C20H20ClF3N4O2S. The van der Waals surface area contributed by atoms with Crippen molar-refractivity contribution >= 4 is 41.7 Å². The van der Waals surface area contributed by atoms with E-state index in [9.17, 15) is 22.8 Å². The number of carbonyl (C=O) groups is 2. The SMILES string of the molecule is C[C@](C(=O)N[C@H]1CCC(F)(F)C1)(c1cncnc1)N(C(=O)[C@H](F)Cl)c1ccc(S)cc1. The highest BCUT2D eigenvalue weighted by Gasteiger charge is 2.49. The Bertz CT molecular complexity index is 949. The lowest BCUT2D eigenvalue weighted by molar-refractivity contribution is -0.131. The van der Waals surface area contributed by atoms with Crippen LogP contribution in [0, 0.1) is 0 Å². The molecule has 3 rings (SSSR count). The quantitative estimate of drug-likeness (QED) is 0.494. The lowest BCUT2D eigenvalue weighted by Gasteiger charge is -2.40. The maximum atomic E-state index is 14.0. The fraction of sp³-hybridized carbons (Fsp3) is 0.400. The van der Waals surface area contributed by atoms with E-state index in [1.807, 2.05) is 0 Å². The minimum atomic E-state index is -2.89. The van der Waals surface area contributed by atoms with Crippen molar-refractivity contribution in [2.75, 3.05) is 4.90 Å². The zero-order valence-electron chi connectivity index (χ0n) is 16.4. The fourth-order valence-corrected chi connectivity index (χ4v) is 3.86. The Kier molecular flexibility index (Phi) is 6.80. The molecule has 1 heterocycles. The van der Waals surface area contributed by atoms with Crippen LogP contribution in [-0.2, 0) is 15.1 Å². The molecule has 1 N–H and O–H groups in total. The predicted octanol–water partition coefficient (Wildman–Crippen LogP) is 3.85. The van der Waals surface area contributed by atoms with Gasteiger partial charge in [0.1, 0.15) is 6.33 Å². The number of amides is 2. The van der Waals surface area contributed by atoms with Gasteiger partial charge in [0.2, 0.25) is 5.92 Å². The highest BCUT2D eigenvalue weighted by molar-refractivity contribution is 7.80. The second-order valence-corrected chi connectivity index (χ2v) is 8.36. The largest absolute Gasteiger partial charge is 0.351 e. The smallest absolute Gasteiger partial charge is 0.278 e.